The Morgan fingerprint density at radius 1 is 1.27 bits per heavy atom. The summed E-state index contributed by atoms with van der Waals surface area (Å²) in [6, 6.07) is 9.03. The van der Waals surface area contributed by atoms with Crippen molar-refractivity contribution in [3.8, 4) is 11.1 Å². The zero-order valence-electron chi connectivity index (χ0n) is 12.7. The van der Waals surface area contributed by atoms with Gasteiger partial charge in [-0.1, -0.05) is 18.2 Å². The number of nitrogens with two attached hydrogens (primary N) is 1. The molecule has 0 saturated carbocycles. The van der Waals surface area contributed by atoms with Gasteiger partial charge in [-0.15, -0.1) is 0 Å². The number of aryl methyl sites for hydroxylation is 1. The van der Waals surface area contributed by atoms with E-state index in [1.165, 1.54) is 27.8 Å². The minimum Gasteiger partial charge on any atom is -0.456 e. The SMILES string of the molecule is Cc1cncc(-c2cccc3c2CCC2(CN=C(N)O2)C3)c1. The minimum atomic E-state index is -0.222. The van der Waals surface area contributed by atoms with Crippen molar-refractivity contribution < 1.29 is 4.74 Å². The number of rotatable bonds is 1. The average Bonchev–Trinajstić information content (AvgIpc) is 2.87. The van der Waals surface area contributed by atoms with E-state index in [2.05, 4.69) is 41.2 Å². The van der Waals surface area contributed by atoms with Crippen LogP contribution in [0.15, 0.2) is 41.7 Å². The van der Waals surface area contributed by atoms with Crippen LogP contribution in [0.3, 0.4) is 0 Å². The molecule has 4 nitrogen and oxygen atoms in total. The Hall–Kier alpha value is -2.36. The highest BCUT2D eigenvalue weighted by Crippen LogP contribution is 2.38. The van der Waals surface area contributed by atoms with E-state index in [0.717, 1.165) is 19.3 Å². The molecule has 2 heterocycles. The maximum Gasteiger partial charge on any atom is 0.282 e. The number of amidine groups is 1. The number of aliphatic imine (C=N–C) groups is 1. The summed E-state index contributed by atoms with van der Waals surface area (Å²) in [5.41, 5.74) is 11.9. The van der Waals surface area contributed by atoms with Crippen molar-refractivity contribution in [2.45, 2.75) is 31.8 Å². The van der Waals surface area contributed by atoms with E-state index < -0.39 is 0 Å². The first kappa shape index (κ1) is 13.3. The summed E-state index contributed by atoms with van der Waals surface area (Å²) < 4.78 is 5.83. The number of hydrogen-bond acceptors (Lipinski definition) is 4. The zero-order valence-corrected chi connectivity index (χ0v) is 12.7. The molecule has 1 atom stereocenters. The lowest BCUT2D eigenvalue weighted by molar-refractivity contribution is 0.0704. The fourth-order valence-electron chi connectivity index (χ4n) is 3.59. The molecule has 2 N–H and O–H groups in total. The molecule has 1 aliphatic carbocycles. The predicted octanol–water partition coefficient (Wildman–Crippen LogP) is 2.63. The van der Waals surface area contributed by atoms with Gasteiger partial charge in [0.2, 0.25) is 0 Å². The number of nitrogens with zero attached hydrogens (tertiary/aromatic N) is 2. The summed E-state index contributed by atoms with van der Waals surface area (Å²) in [5.74, 6) is 0. The predicted molar refractivity (Wildman–Crippen MR) is 86.7 cm³/mol. The van der Waals surface area contributed by atoms with Crippen LogP contribution in [0.4, 0.5) is 0 Å². The molecule has 112 valence electrons. The van der Waals surface area contributed by atoms with Gasteiger partial charge in [-0.25, -0.2) is 4.99 Å². The maximum absolute atomic E-state index is 5.83. The molecule has 0 radical (unpaired) electrons. The smallest absolute Gasteiger partial charge is 0.282 e. The van der Waals surface area contributed by atoms with Crippen molar-refractivity contribution in [1.29, 1.82) is 0 Å². The Kier molecular flexibility index (Phi) is 2.93. The van der Waals surface area contributed by atoms with Crippen LogP contribution in [0.5, 0.6) is 0 Å². The first-order valence-corrected chi connectivity index (χ1v) is 7.67. The van der Waals surface area contributed by atoms with Gasteiger partial charge in [0.25, 0.3) is 6.02 Å². The lowest BCUT2D eigenvalue weighted by Crippen LogP contribution is -2.40. The standard InChI is InChI=1S/C18H19N3O/c1-12-7-14(10-20-9-12)15-4-2-3-13-8-18(6-5-16(13)15)11-21-17(19)22-18/h2-4,7,9-10H,5-6,8,11H2,1H3,(H2,19,21). The largest absolute Gasteiger partial charge is 0.456 e. The third-order valence-electron chi connectivity index (χ3n) is 4.65. The van der Waals surface area contributed by atoms with E-state index in [0.29, 0.717) is 12.6 Å². The number of aromatic nitrogens is 1. The van der Waals surface area contributed by atoms with Crippen LogP contribution in [0.25, 0.3) is 11.1 Å². The van der Waals surface area contributed by atoms with Crippen LogP contribution in [0.1, 0.15) is 23.1 Å². The second kappa shape index (κ2) is 4.83. The van der Waals surface area contributed by atoms with Gasteiger partial charge in [0.1, 0.15) is 5.60 Å². The minimum absolute atomic E-state index is 0.222. The van der Waals surface area contributed by atoms with E-state index in [1.54, 1.807) is 0 Å². The highest BCUT2D eigenvalue weighted by Gasteiger charge is 2.40. The van der Waals surface area contributed by atoms with E-state index in [1.807, 2.05) is 12.4 Å². The van der Waals surface area contributed by atoms with Crippen LogP contribution in [-0.4, -0.2) is 23.2 Å². The van der Waals surface area contributed by atoms with Gasteiger partial charge in [0.05, 0.1) is 6.54 Å². The first-order valence-electron chi connectivity index (χ1n) is 7.67. The monoisotopic (exact) mass is 293 g/mol. The van der Waals surface area contributed by atoms with E-state index >= 15 is 0 Å². The van der Waals surface area contributed by atoms with E-state index in [9.17, 15) is 0 Å². The molecule has 2 aromatic rings. The molecule has 2 aliphatic rings. The molecule has 1 aliphatic heterocycles. The highest BCUT2D eigenvalue weighted by molar-refractivity contribution is 5.74. The Balaban J connectivity index is 1.73. The van der Waals surface area contributed by atoms with Gasteiger partial charge in [-0.2, -0.15) is 0 Å². The number of ether oxygens (including phenoxy) is 1. The lowest BCUT2D eigenvalue weighted by atomic mass is 9.78. The summed E-state index contributed by atoms with van der Waals surface area (Å²) in [6.45, 7) is 2.75. The maximum atomic E-state index is 5.83. The van der Waals surface area contributed by atoms with Crippen LogP contribution < -0.4 is 5.73 Å². The Morgan fingerprint density at radius 3 is 2.95 bits per heavy atom. The second-order valence-corrected chi connectivity index (χ2v) is 6.31. The van der Waals surface area contributed by atoms with Gasteiger partial charge >= 0.3 is 0 Å². The number of benzene rings is 1. The van der Waals surface area contributed by atoms with Crippen molar-refractivity contribution in [1.82, 2.24) is 4.98 Å². The highest BCUT2D eigenvalue weighted by atomic mass is 16.5. The molecule has 22 heavy (non-hydrogen) atoms. The molecular formula is C18H19N3O. The van der Waals surface area contributed by atoms with E-state index in [-0.39, 0.29) is 5.60 Å². The quantitative estimate of drug-likeness (QED) is 0.879. The summed E-state index contributed by atoms with van der Waals surface area (Å²) in [6.07, 6.45) is 6.66. The lowest BCUT2D eigenvalue weighted by Gasteiger charge is -2.34. The van der Waals surface area contributed by atoms with Crippen molar-refractivity contribution in [2.24, 2.45) is 10.7 Å². The number of hydrogen-bond donors (Lipinski definition) is 1. The Labute approximate surface area is 130 Å². The van der Waals surface area contributed by atoms with Crippen molar-refractivity contribution in [3.63, 3.8) is 0 Å². The Morgan fingerprint density at radius 2 is 2.18 bits per heavy atom. The molecule has 1 unspecified atom stereocenters. The fraction of sp³-hybridized carbons (Fsp3) is 0.333. The average molecular weight is 293 g/mol. The van der Waals surface area contributed by atoms with Crippen LogP contribution in [0, 0.1) is 6.92 Å². The van der Waals surface area contributed by atoms with Crippen molar-refractivity contribution in [3.05, 3.63) is 53.3 Å². The molecular weight excluding hydrogens is 274 g/mol. The number of pyridine rings is 1. The number of fused-ring (bicyclic) bond motifs is 1. The topological polar surface area (TPSA) is 60.5 Å². The third-order valence-corrected chi connectivity index (χ3v) is 4.65. The summed E-state index contributed by atoms with van der Waals surface area (Å²) >= 11 is 0. The molecule has 0 fully saturated rings. The molecule has 0 amide bonds. The van der Waals surface area contributed by atoms with Crippen LogP contribution in [-0.2, 0) is 17.6 Å². The first-order chi connectivity index (χ1) is 10.7. The van der Waals surface area contributed by atoms with Crippen LogP contribution >= 0.6 is 0 Å². The van der Waals surface area contributed by atoms with Crippen molar-refractivity contribution in [2.75, 3.05) is 6.54 Å². The van der Waals surface area contributed by atoms with Gasteiger partial charge in [-0.05, 0) is 48.1 Å². The molecule has 4 heteroatoms. The molecule has 1 spiro atoms. The molecule has 1 aromatic heterocycles. The van der Waals surface area contributed by atoms with Crippen molar-refractivity contribution >= 4 is 6.02 Å². The molecule has 0 bridgehead atoms. The van der Waals surface area contributed by atoms with Gasteiger partial charge in [-0.3, -0.25) is 4.98 Å². The van der Waals surface area contributed by atoms with Gasteiger partial charge < -0.3 is 10.5 Å². The fourth-order valence-corrected chi connectivity index (χ4v) is 3.59. The molecule has 1 aromatic carbocycles. The van der Waals surface area contributed by atoms with Crippen LogP contribution in [0.2, 0.25) is 0 Å². The summed E-state index contributed by atoms with van der Waals surface area (Å²) in [7, 11) is 0. The van der Waals surface area contributed by atoms with E-state index in [4.69, 9.17) is 10.5 Å². The van der Waals surface area contributed by atoms with Gasteiger partial charge in [0, 0.05) is 24.4 Å². The van der Waals surface area contributed by atoms with Gasteiger partial charge in [0.15, 0.2) is 0 Å². The summed E-state index contributed by atoms with van der Waals surface area (Å²) in [4.78, 5) is 8.57. The second-order valence-electron chi connectivity index (χ2n) is 6.31. The molecule has 0 saturated heterocycles. The molecule has 4 rings (SSSR count). The Bertz CT molecular complexity index is 769. The zero-order chi connectivity index (χ0) is 15.2. The normalized spacial score (nSPS) is 23.0. The summed E-state index contributed by atoms with van der Waals surface area (Å²) in [5, 5.41) is 0. The third kappa shape index (κ3) is 2.15.